The van der Waals surface area contributed by atoms with Crippen molar-refractivity contribution in [1.82, 2.24) is 51.9 Å². The Labute approximate surface area is 440 Å². The minimum Gasteiger partial charge on any atom is -0.396 e. The van der Waals surface area contributed by atoms with Crippen LogP contribution in [0.4, 0.5) is 29.0 Å². The highest BCUT2D eigenvalue weighted by molar-refractivity contribution is 7.26. The van der Waals surface area contributed by atoms with Gasteiger partial charge in [-0.25, -0.2) is 15.0 Å². The molecule has 0 radical (unpaired) electrons. The smallest absolute Gasteiger partial charge is 0.172 e. The lowest BCUT2D eigenvalue weighted by Gasteiger charge is -2.30. The normalized spacial score (nSPS) is 15.8. The zero-order chi connectivity index (χ0) is 49.1. The summed E-state index contributed by atoms with van der Waals surface area (Å²) < 4.78 is 1.70. The summed E-state index contributed by atoms with van der Waals surface area (Å²) >= 11 is 10.6. The molecular formula is C48H62Cl2N16O3S3. The number of aromatic nitrogens is 9. The Morgan fingerprint density at radius 1 is 0.597 bits per heavy atom. The Bertz CT molecular complexity index is 3030. The van der Waals surface area contributed by atoms with Gasteiger partial charge in [-0.15, -0.1) is 66.8 Å². The number of aliphatic hydroxyl groups is 3. The van der Waals surface area contributed by atoms with E-state index in [9.17, 15) is 20.6 Å². The quantitative estimate of drug-likeness (QED) is 0.0788. The molecule has 3 fully saturated rings. The number of pyridine rings is 3. The van der Waals surface area contributed by atoms with Gasteiger partial charge in [0.05, 0.1) is 28.7 Å². The van der Waals surface area contributed by atoms with Crippen molar-refractivity contribution in [3.63, 3.8) is 0 Å². The van der Waals surface area contributed by atoms with Crippen LogP contribution in [0.2, 0.25) is 5.15 Å². The first-order chi connectivity index (χ1) is 34.0. The number of thiophene rings is 3. The fraction of sp³-hybridized carbons (Fsp3) is 0.500. The van der Waals surface area contributed by atoms with Crippen LogP contribution >= 0.6 is 58.0 Å². The number of nitrogens with zero attached hydrogens (tertiary/aromatic N) is 13. The molecule has 3 saturated heterocycles. The van der Waals surface area contributed by atoms with Gasteiger partial charge in [0.25, 0.3) is 0 Å². The highest BCUT2D eigenvalue weighted by Gasteiger charge is 2.25. The van der Waals surface area contributed by atoms with E-state index in [1.165, 1.54) is 50.7 Å². The van der Waals surface area contributed by atoms with Crippen molar-refractivity contribution in [3.05, 3.63) is 44.9 Å². The van der Waals surface area contributed by atoms with Gasteiger partial charge in [0.2, 0.25) is 0 Å². The van der Waals surface area contributed by atoms with Crippen LogP contribution in [0.1, 0.15) is 100 Å². The molecule has 0 unspecified atom stereocenters. The molecule has 0 aromatic carbocycles. The summed E-state index contributed by atoms with van der Waals surface area (Å²) in [6.45, 7) is 11.4. The van der Waals surface area contributed by atoms with Gasteiger partial charge in [-0.1, -0.05) is 51.6 Å². The average Bonchev–Trinajstić information content (AvgIpc) is 4.05. The van der Waals surface area contributed by atoms with Crippen LogP contribution in [0.15, 0.2) is 18.2 Å². The predicted molar refractivity (Wildman–Crippen MR) is 296 cm³/mol. The molecule has 0 bridgehead atoms. The van der Waals surface area contributed by atoms with Crippen LogP contribution in [-0.4, -0.2) is 119 Å². The van der Waals surface area contributed by atoms with Gasteiger partial charge in [-0.05, 0) is 103 Å². The number of hydrogen-bond acceptors (Lipinski definition) is 22. The molecule has 11 rings (SSSR count). The van der Waals surface area contributed by atoms with E-state index in [-0.39, 0.29) is 36.9 Å². The number of rotatable bonds is 9. The molecule has 384 valence electrons. The molecule has 0 spiro atoms. The third-order valence-corrected chi connectivity index (χ3v) is 16.8. The van der Waals surface area contributed by atoms with Gasteiger partial charge in [0, 0.05) is 55.4 Å². The second kappa shape index (κ2) is 24.2. The van der Waals surface area contributed by atoms with Gasteiger partial charge in [0.1, 0.15) is 58.6 Å². The van der Waals surface area contributed by atoms with Crippen LogP contribution in [0.3, 0.4) is 0 Å². The fourth-order valence-corrected chi connectivity index (χ4v) is 12.8. The Morgan fingerprint density at radius 3 is 1.39 bits per heavy atom. The zero-order valence-electron chi connectivity index (χ0n) is 40.7. The zero-order valence-corrected chi connectivity index (χ0v) is 44.7. The summed E-state index contributed by atoms with van der Waals surface area (Å²) in [4.78, 5) is 24.4. The van der Waals surface area contributed by atoms with Crippen LogP contribution in [0, 0.1) is 11.3 Å². The second-order valence-electron chi connectivity index (χ2n) is 18.1. The molecule has 10 N–H and O–H groups in total. The standard InChI is InChI=1S/C16H18ClN5OS.C16H20N6OS.C16H20N4OS.ClH.H3N/c2*1-2-3-9-8-11(22-6-4-10(23)5-7-22)18-16-12(9)13-14(24-16)15(17)20-21-19-13;1-2-3-10-8-13(20-6-4-11(21)5-7-20)19-16-14(10)15(18)12(9-17)22-16;;/h8,10,23H,2-7H2,1H3;8,10,23H,2-7H2,1H3,(H2,17,19,20);8,11,21H,2-7,18H2,1H3;1H;1H3. The van der Waals surface area contributed by atoms with Crippen LogP contribution in [-0.2, 0) is 19.3 Å². The van der Waals surface area contributed by atoms with Crippen molar-refractivity contribution in [2.75, 3.05) is 65.4 Å². The Morgan fingerprint density at radius 2 is 0.972 bits per heavy atom. The summed E-state index contributed by atoms with van der Waals surface area (Å²) in [6.07, 6.45) is 10.1. The lowest BCUT2D eigenvalue weighted by Crippen LogP contribution is -2.36. The first kappa shape index (κ1) is 54.6. The molecule has 3 aliphatic rings. The first-order valence-corrected chi connectivity index (χ1v) is 27.0. The summed E-state index contributed by atoms with van der Waals surface area (Å²) in [5, 5.41) is 65.4. The number of fused-ring (bicyclic) bond motifs is 7. The summed E-state index contributed by atoms with van der Waals surface area (Å²) in [6, 6.07) is 8.59. The molecule has 24 heteroatoms. The Kier molecular flexibility index (Phi) is 18.3. The van der Waals surface area contributed by atoms with E-state index in [4.69, 9.17) is 38.0 Å². The number of nitrogen functional groups attached to an aromatic ring is 2. The minimum atomic E-state index is -0.197. The topological polar surface area (TPSA) is 297 Å². The molecule has 8 aromatic rings. The lowest BCUT2D eigenvalue weighted by molar-refractivity contribution is 0.145. The first-order valence-electron chi connectivity index (χ1n) is 24.2. The molecule has 19 nitrogen and oxygen atoms in total. The van der Waals surface area contributed by atoms with Gasteiger partial charge in [-0.3, -0.25) is 0 Å². The SMILES string of the molecule is CCCc1cc(N2CCC(O)CC2)nc2sc(C#N)c(N)c12.CCCc1cc(N2CCC(O)CC2)nc2sc3c(Cl)nnnc3c12.CCCc1cc(N2CCC(O)CC2)nc2sc3c(N)nnnc3c12.Cl.N. The van der Waals surface area contributed by atoms with Gasteiger partial charge in [-0.2, -0.15) is 5.26 Å². The maximum Gasteiger partial charge on any atom is 0.172 e. The number of piperidine rings is 3. The van der Waals surface area contributed by atoms with E-state index in [1.54, 1.807) is 0 Å². The largest absolute Gasteiger partial charge is 0.396 e. The van der Waals surface area contributed by atoms with E-state index >= 15 is 0 Å². The second-order valence-corrected chi connectivity index (χ2v) is 21.5. The number of halogens is 2. The van der Waals surface area contributed by atoms with E-state index in [2.05, 4.69) is 90.6 Å². The van der Waals surface area contributed by atoms with Gasteiger partial charge < -0.3 is 47.6 Å². The third kappa shape index (κ3) is 11.4. The van der Waals surface area contributed by atoms with Crippen molar-refractivity contribution in [2.45, 2.75) is 116 Å². The Balaban J connectivity index is 0.000000156. The van der Waals surface area contributed by atoms with Gasteiger partial charge >= 0.3 is 0 Å². The molecular weight excluding hydrogens is 1020 g/mol. The summed E-state index contributed by atoms with van der Waals surface area (Å²) in [5.74, 6) is 3.30. The summed E-state index contributed by atoms with van der Waals surface area (Å²) in [7, 11) is 0. The van der Waals surface area contributed by atoms with E-state index in [0.717, 1.165) is 185 Å². The monoisotopic (exact) mass is 1080 g/mol. The molecule has 0 aliphatic carbocycles. The van der Waals surface area contributed by atoms with Crippen molar-refractivity contribution in [1.29, 1.82) is 5.26 Å². The fourth-order valence-electron chi connectivity index (χ4n) is 9.54. The third-order valence-electron chi connectivity index (χ3n) is 13.2. The highest BCUT2D eigenvalue weighted by atomic mass is 35.5. The van der Waals surface area contributed by atoms with Crippen LogP contribution in [0.25, 0.3) is 51.1 Å². The molecule has 3 aliphatic heterocycles. The lowest BCUT2D eigenvalue weighted by atomic mass is 10.0. The Hall–Kier alpha value is -5.22. The average molecular weight is 1080 g/mol. The van der Waals surface area contributed by atoms with Crippen LogP contribution in [0.5, 0.6) is 0 Å². The van der Waals surface area contributed by atoms with E-state index in [1.807, 2.05) is 0 Å². The molecule has 11 heterocycles. The number of aliphatic hydroxyl groups excluding tert-OH is 3. The molecule has 0 amide bonds. The maximum absolute atomic E-state index is 9.73. The molecule has 0 saturated carbocycles. The molecule has 0 atom stereocenters. The number of aryl methyl sites for hydroxylation is 3. The molecule has 8 aromatic heterocycles. The van der Waals surface area contributed by atoms with Crippen LogP contribution < -0.4 is 32.3 Å². The van der Waals surface area contributed by atoms with E-state index < -0.39 is 0 Å². The number of nitrogens with two attached hydrogens (primary N) is 2. The highest BCUT2D eigenvalue weighted by Crippen LogP contribution is 2.41. The minimum absolute atomic E-state index is 0. The maximum atomic E-state index is 9.73. The number of anilines is 5. The van der Waals surface area contributed by atoms with Crippen molar-refractivity contribution in [2.24, 2.45) is 0 Å². The number of hydrogen-bond donors (Lipinski definition) is 6. The van der Waals surface area contributed by atoms with Crippen molar-refractivity contribution in [3.8, 4) is 6.07 Å². The number of nitriles is 1. The predicted octanol–water partition coefficient (Wildman–Crippen LogP) is 8.58. The summed E-state index contributed by atoms with van der Waals surface area (Å²) in [5.41, 5.74) is 17.9. The van der Waals surface area contributed by atoms with Crippen molar-refractivity contribution < 1.29 is 15.3 Å². The molecule has 72 heavy (non-hydrogen) atoms. The van der Waals surface area contributed by atoms with E-state index in [0.29, 0.717) is 21.5 Å². The van der Waals surface area contributed by atoms with Gasteiger partial charge in [0.15, 0.2) is 11.0 Å². The van der Waals surface area contributed by atoms with Crippen molar-refractivity contribution >= 4 is 138 Å².